The minimum absolute atomic E-state index is 0.105. The lowest BCUT2D eigenvalue weighted by Gasteiger charge is -2.25. The van der Waals surface area contributed by atoms with Gasteiger partial charge in [-0.15, -0.1) is 0 Å². The highest BCUT2D eigenvalue weighted by atomic mass is 32.2. The van der Waals surface area contributed by atoms with E-state index in [-0.39, 0.29) is 32.1 Å². The molecule has 4 unspecified atom stereocenters. The van der Waals surface area contributed by atoms with Gasteiger partial charge in [0.25, 0.3) is 0 Å². The Hall–Kier alpha value is -3.40. The van der Waals surface area contributed by atoms with Crippen molar-refractivity contribution in [3.63, 3.8) is 0 Å². The molecular weight excluding hydrogens is 486 g/mol. The minimum Gasteiger partial charge on any atom is -0.480 e. The van der Waals surface area contributed by atoms with E-state index in [0.29, 0.717) is 5.75 Å². The van der Waals surface area contributed by atoms with E-state index in [1.807, 2.05) is 0 Å². The Morgan fingerprint density at radius 2 is 1.14 bits per heavy atom. The summed E-state index contributed by atoms with van der Waals surface area (Å²) >= 11 is 1.37. The summed E-state index contributed by atoms with van der Waals surface area (Å²) < 4.78 is 0. The highest BCUT2D eigenvalue weighted by Crippen LogP contribution is 2.06. The van der Waals surface area contributed by atoms with Crippen molar-refractivity contribution in [1.82, 2.24) is 16.0 Å². The second-order valence-electron chi connectivity index (χ2n) is 7.59. The van der Waals surface area contributed by atoms with Crippen LogP contribution < -0.4 is 38.9 Å². The molecule has 6 amide bonds. The van der Waals surface area contributed by atoms with E-state index in [0.717, 1.165) is 0 Å². The SMILES string of the molecule is CSCCC(NC(=O)C(CCC(N)=O)NC(=O)C(CCC(N)=O)NC(=O)C(N)CC(N)=O)C(=O)O. The normalized spacial score (nSPS) is 14.0. The number of primary amides is 3. The third kappa shape index (κ3) is 13.8. The van der Waals surface area contributed by atoms with Gasteiger partial charge < -0.3 is 44.0 Å². The van der Waals surface area contributed by atoms with Gasteiger partial charge in [-0.25, -0.2) is 4.79 Å². The van der Waals surface area contributed by atoms with Crippen molar-refractivity contribution in [2.24, 2.45) is 22.9 Å². The zero-order chi connectivity index (χ0) is 27.1. The van der Waals surface area contributed by atoms with Crippen molar-refractivity contribution >= 4 is 53.2 Å². The van der Waals surface area contributed by atoms with Crippen LogP contribution in [0.2, 0.25) is 0 Å². The van der Waals surface area contributed by atoms with E-state index in [1.165, 1.54) is 11.8 Å². The average molecular weight is 520 g/mol. The zero-order valence-corrected chi connectivity index (χ0v) is 20.1. The van der Waals surface area contributed by atoms with Crippen LogP contribution >= 0.6 is 11.8 Å². The molecule has 0 fully saturated rings. The number of rotatable bonds is 18. The number of carboxylic acid groups (broad SMARTS) is 1. The van der Waals surface area contributed by atoms with Gasteiger partial charge in [0.2, 0.25) is 35.4 Å². The molecule has 0 aliphatic rings. The third-order valence-electron chi connectivity index (χ3n) is 4.61. The van der Waals surface area contributed by atoms with Crippen LogP contribution in [0.5, 0.6) is 0 Å². The summed E-state index contributed by atoms with van der Waals surface area (Å²) in [6.07, 6.45) is 0.178. The summed E-state index contributed by atoms with van der Waals surface area (Å²) in [6, 6.07) is -5.42. The van der Waals surface area contributed by atoms with Crippen molar-refractivity contribution in [3.8, 4) is 0 Å². The summed E-state index contributed by atoms with van der Waals surface area (Å²) in [5.74, 6) is -6.02. The van der Waals surface area contributed by atoms with Crippen molar-refractivity contribution in [3.05, 3.63) is 0 Å². The smallest absolute Gasteiger partial charge is 0.326 e. The molecular formula is C19H33N7O8S. The van der Waals surface area contributed by atoms with Crippen molar-refractivity contribution in [1.29, 1.82) is 0 Å². The summed E-state index contributed by atoms with van der Waals surface area (Å²) in [5.41, 5.74) is 20.8. The highest BCUT2D eigenvalue weighted by Gasteiger charge is 2.30. The van der Waals surface area contributed by atoms with Gasteiger partial charge >= 0.3 is 5.97 Å². The van der Waals surface area contributed by atoms with Crippen LogP contribution in [0.3, 0.4) is 0 Å². The number of hydrogen-bond acceptors (Lipinski definition) is 9. The molecule has 0 aromatic heterocycles. The van der Waals surface area contributed by atoms with Gasteiger partial charge in [0.15, 0.2) is 0 Å². The first-order valence-corrected chi connectivity index (χ1v) is 11.9. The first-order valence-electron chi connectivity index (χ1n) is 10.5. The van der Waals surface area contributed by atoms with E-state index in [1.54, 1.807) is 6.26 Å². The summed E-state index contributed by atoms with van der Waals surface area (Å²) in [7, 11) is 0. The minimum atomic E-state index is -1.40. The fraction of sp³-hybridized carbons (Fsp3) is 0.632. The van der Waals surface area contributed by atoms with Gasteiger partial charge in [-0.05, 0) is 31.3 Å². The molecule has 16 heteroatoms. The molecule has 0 aliphatic carbocycles. The average Bonchev–Trinajstić information content (AvgIpc) is 2.75. The number of nitrogens with two attached hydrogens (primary N) is 4. The maximum absolute atomic E-state index is 12.9. The molecule has 0 spiro atoms. The van der Waals surface area contributed by atoms with Crippen molar-refractivity contribution in [2.75, 3.05) is 12.0 Å². The molecule has 35 heavy (non-hydrogen) atoms. The summed E-state index contributed by atoms with van der Waals surface area (Å²) in [6.45, 7) is 0. The molecule has 4 atom stereocenters. The van der Waals surface area contributed by atoms with Gasteiger partial charge in [-0.2, -0.15) is 11.8 Å². The van der Waals surface area contributed by atoms with E-state index in [2.05, 4.69) is 16.0 Å². The molecule has 0 heterocycles. The third-order valence-corrected chi connectivity index (χ3v) is 5.25. The van der Waals surface area contributed by atoms with Gasteiger partial charge in [-0.1, -0.05) is 0 Å². The standard InChI is InChI=1S/C19H33N7O8S/c1-35-7-6-12(19(33)34)26-18(32)11(3-5-14(22)28)25-17(31)10(2-4-13(21)27)24-16(30)9(20)8-15(23)29/h9-12H,2-8,20H2,1H3,(H2,21,27)(H2,22,28)(H2,23,29)(H,24,30)(H,25,31)(H,26,32)(H,33,34). The van der Waals surface area contributed by atoms with Gasteiger partial charge in [0, 0.05) is 12.8 Å². The summed E-state index contributed by atoms with van der Waals surface area (Å²) in [5, 5.41) is 16.2. The molecule has 198 valence electrons. The Labute approximate surface area is 205 Å². The van der Waals surface area contributed by atoms with Gasteiger partial charge in [-0.3, -0.25) is 28.8 Å². The molecule has 0 radical (unpaired) electrons. The van der Waals surface area contributed by atoms with Crippen molar-refractivity contribution < 1.29 is 38.7 Å². The molecule has 0 saturated heterocycles. The van der Waals surface area contributed by atoms with Crippen LogP contribution in [0.25, 0.3) is 0 Å². The number of thioether (sulfide) groups is 1. The number of nitrogens with one attached hydrogen (secondary N) is 3. The van der Waals surface area contributed by atoms with Gasteiger partial charge in [0.1, 0.15) is 18.1 Å². The van der Waals surface area contributed by atoms with Crippen LogP contribution in [0.15, 0.2) is 0 Å². The predicted octanol–water partition coefficient (Wildman–Crippen LogP) is -3.99. The molecule has 0 aromatic carbocycles. The number of carboxylic acids is 1. The number of carbonyl (C=O) groups is 7. The molecule has 12 N–H and O–H groups in total. The second-order valence-corrected chi connectivity index (χ2v) is 8.58. The van der Waals surface area contributed by atoms with E-state index < -0.39 is 72.0 Å². The topological polar surface area (TPSA) is 280 Å². The number of carbonyl (C=O) groups excluding carboxylic acids is 6. The predicted molar refractivity (Wildman–Crippen MR) is 125 cm³/mol. The Balaban J connectivity index is 5.61. The second kappa shape index (κ2) is 16.3. The Morgan fingerprint density at radius 3 is 1.51 bits per heavy atom. The van der Waals surface area contributed by atoms with Crippen LogP contribution in [-0.2, 0) is 33.6 Å². The fourth-order valence-corrected chi connectivity index (χ4v) is 3.21. The van der Waals surface area contributed by atoms with E-state index in [9.17, 15) is 38.7 Å². The Bertz CT molecular complexity index is 810. The van der Waals surface area contributed by atoms with Crippen molar-refractivity contribution in [2.45, 2.75) is 62.7 Å². The molecule has 0 saturated carbocycles. The number of hydrogen-bond donors (Lipinski definition) is 8. The molecule has 0 bridgehead atoms. The lowest BCUT2D eigenvalue weighted by molar-refractivity contribution is -0.142. The van der Waals surface area contributed by atoms with Crippen LogP contribution in [0.1, 0.15) is 38.5 Å². The molecule has 15 nitrogen and oxygen atoms in total. The molecule has 0 aromatic rings. The lowest BCUT2D eigenvalue weighted by atomic mass is 10.1. The van der Waals surface area contributed by atoms with Crippen LogP contribution in [0.4, 0.5) is 0 Å². The first-order chi connectivity index (χ1) is 16.3. The van der Waals surface area contributed by atoms with E-state index >= 15 is 0 Å². The largest absolute Gasteiger partial charge is 0.480 e. The maximum atomic E-state index is 12.9. The fourth-order valence-electron chi connectivity index (χ4n) is 2.74. The highest BCUT2D eigenvalue weighted by molar-refractivity contribution is 7.98. The summed E-state index contributed by atoms with van der Waals surface area (Å²) in [4.78, 5) is 82.7. The molecule has 0 rings (SSSR count). The number of amides is 6. The van der Waals surface area contributed by atoms with Crippen LogP contribution in [-0.4, -0.2) is 82.7 Å². The molecule has 0 aliphatic heterocycles. The zero-order valence-electron chi connectivity index (χ0n) is 19.3. The Morgan fingerprint density at radius 1 is 0.714 bits per heavy atom. The first kappa shape index (κ1) is 31.6. The van der Waals surface area contributed by atoms with Gasteiger partial charge in [0.05, 0.1) is 12.5 Å². The maximum Gasteiger partial charge on any atom is 0.326 e. The quantitative estimate of drug-likeness (QED) is 0.0868. The lowest BCUT2D eigenvalue weighted by Crippen LogP contribution is -2.57. The van der Waals surface area contributed by atoms with Crippen LogP contribution in [0, 0.1) is 0 Å². The van der Waals surface area contributed by atoms with E-state index in [4.69, 9.17) is 22.9 Å². The monoisotopic (exact) mass is 519 g/mol. The Kier molecular flexibility index (Phi) is 14.7. The number of aliphatic carboxylic acids is 1.